The van der Waals surface area contributed by atoms with Crippen molar-refractivity contribution in [1.29, 1.82) is 0 Å². The second-order valence-electron chi connectivity index (χ2n) is 4.13. The van der Waals surface area contributed by atoms with E-state index in [4.69, 9.17) is 5.53 Å². The molecule has 94 valence electrons. The van der Waals surface area contributed by atoms with Crippen LogP contribution in [0.1, 0.15) is 40.2 Å². The van der Waals surface area contributed by atoms with Gasteiger partial charge in [-0.25, -0.2) is 0 Å². The number of nitrogens with zero attached hydrogens (tertiary/aromatic N) is 3. The van der Waals surface area contributed by atoms with Crippen LogP contribution in [0.25, 0.3) is 10.4 Å². The van der Waals surface area contributed by atoms with Crippen LogP contribution in [0.2, 0.25) is 0 Å². The minimum absolute atomic E-state index is 0.182. The first-order chi connectivity index (χ1) is 8.61. The molecular formula is C11H10N3O3S-. The standard InChI is InChI=1S/C11H11N3O3S/c12-14-13-11(15)10-5-8(7-1-2-7)3-4-9(10)6-18(16)17/h3-5,7H,1-2,6H2,(H,16,17)/p-1. The lowest BCUT2D eigenvalue weighted by atomic mass is 10.0. The van der Waals surface area contributed by atoms with Crippen LogP contribution < -0.4 is 0 Å². The lowest BCUT2D eigenvalue weighted by Crippen LogP contribution is -2.04. The van der Waals surface area contributed by atoms with Crippen LogP contribution in [0.5, 0.6) is 0 Å². The van der Waals surface area contributed by atoms with Crippen LogP contribution in [0.3, 0.4) is 0 Å². The molecule has 18 heavy (non-hydrogen) atoms. The summed E-state index contributed by atoms with van der Waals surface area (Å²) in [5.74, 6) is -0.553. The Morgan fingerprint density at radius 1 is 1.56 bits per heavy atom. The number of carbonyl (C=O) groups excluding carboxylic acids is 1. The van der Waals surface area contributed by atoms with E-state index in [9.17, 15) is 13.6 Å². The summed E-state index contributed by atoms with van der Waals surface area (Å²) in [5, 5.41) is 3.02. The molecule has 1 aliphatic rings. The summed E-state index contributed by atoms with van der Waals surface area (Å²) in [7, 11) is 0. The maximum atomic E-state index is 11.6. The van der Waals surface area contributed by atoms with E-state index in [2.05, 4.69) is 10.0 Å². The molecule has 0 bridgehead atoms. The van der Waals surface area contributed by atoms with Crippen molar-refractivity contribution >= 4 is 17.0 Å². The van der Waals surface area contributed by atoms with Crippen LogP contribution in [0.15, 0.2) is 23.3 Å². The topological polar surface area (TPSA) is 106 Å². The van der Waals surface area contributed by atoms with Crippen molar-refractivity contribution in [2.24, 2.45) is 5.11 Å². The van der Waals surface area contributed by atoms with E-state index in [1.165, 1.54) is 0 Å². The molecule has 1 unspecified atom stereocenters. The predicted molar refractivity (Wildman–Crippen MR) is 64.5 cm³/mol. The zero-order valence-corrected chi connectivity index (χ0v) is 10.2. The van der Waals surface area contributed by atoms with Crippen LogP contribution >= 0.6 is 0 Å². The minimum atomic E-state index is -2.29. The Morgan fingerprint density at radius 2 is 2.28 bits per heavy atom. The van der Waals surface area contributed by atoms with Crippen LogP contribution in [-0.4, -0.2) is 14.7 Å². The molecule has 1 atom stereocenters. The highest BCUT2D eigenvalue weighted by molar-refractivity contribution is 7.78. The third-order valence-corrected chi connectivity index (χ3v) is 3.37. The van der Waals surface area contributed by atoms with Gasteiger partial charge in [-0.3, -0.25) is 9.00 Å². The van der Waals surface area contributed by atoms with E-state index in [1.54, 1.807) is 12.1 Å². The molecule has 0 saturated heterocycles. The van der Waals surface area contributed by atoms with E-state index in [0.29, 0.717) is 11.5 Å². The molecule has 7 heteroatoms. The molecule has 1 aliphatic carbocycles. The van der Waals surface area contributed by atoms with Gasteiger partial charge in [-0.15, -0.1) is 0 Å². The summed E-state index contributed by atoms with van der Waals surface area (Å²) >= 11 is -2.29. The van der Waals surface area contributed by atoms with E-state index in [0.717, 1.165) is 18.4 Å². The number of amides is 1. The molecule has 0 spiro atoms. The molecule has 0 heterocycles. The summed E-state index contributed by atoms with van der Waals surface area (Å²) < 4.78 is 21.4. The normalized spacial score (nSPS) is 15.8. The van der Waals surface area contributed by atoms with Crippen LogP contribution in [-0.2, 0) is 16.8 Å². The summed E-state index contributed by atoms with van der Waals surface area (Å²) in [6.07, 6.45) is 2.14. The Balaban J connectivity index is 2.41. The van der Waals surface area contributed by atoms with Crippen molar-refractivity contribution in [3.63, 3.8) is 0 Å². The molecule has 0 aliphatic heterocycles. The number of hydrogen-bond donors (Lipinski definition) is 0. The van der Waals surface area contributed by atoms with Gasteiger partial charge >= 0.3 is 0 Å². The van der Waals surface area contributed by atoms with Gasteiger partial charge in [-0.2, -0.15) is 0 Å². The van der Waals surface area contributed by atoms with Gasteiger partial charge in [0.2, 0.25) is 5.91 Å². The Kier molecular flexibility index (Phi) is 3.76. The van der Waals surface area contributed by atoms with Gasteiger partial charge in [0.05, 0.1) is 0 Å². The molecule has 0 N–H and O–H groups in total. The zero-order chi connectivity index (χ0) is 13.1. The quantitative estimate of drug-likeness (QED) is 0.360. The fraction of sp³-hybridized carbons (Fsp3) is 0.364. The van der Waals surface area contributed by atoms with Crippen molar-refractivity contribution in [3.05, 3.63) is 45.3 Å². The molecule has 6 nitrogen and oxygen atoms in total. The summed E-state index contributed by atoms with van der Waals surface area (Å²) in [6, 6.07) is 5.08. The highest BCUT2D eigenvalue weighted by Crippen LogP contribution is 2.40. The first kappa shape index (κ1) is 12.8. The van der Waals surface area contributed by atoms with E-state index >= 15 is 0 Å². The van der Waals surface area contributed by atoms with E-state index in [1.807, 2.05) is 6.07 Å². The number of benzene rings is 1. The molecule has 1 aromatic rings. The molecule has 1 amide bonds. The summed E-state index contributed by atoms with van der Waals surface area (Å²) in [5.41, 5.74) is 9.82. The van der Waals surface area contributed by atoms with Gasteiger partial charge in [0.1, 0.15) is 0 Å². The molecule has 1 aromatic carbocycles. The minimum Gasteiger partial charge on any atom is -0.772 e. The molecular weight excluding hydrogens is 254 g/mol. The number of carbonyl (C=O) groups is 1. The van der Waals surface area contributed by atoms with Gasteiger partial charge in [-0.1, -0.05) is 23.2 Å². The second kappa shape index (κ2) is 5.30. The third kappa shape index (κ3) is 2.95. The largest absolute Gasteiger partial charge is 0.772 e. The van der Waals surface area contributed by atoms with Crippen molar-refractivity contribution in [2.75, 3.05) is 0 Å². The van der Waals surface area contributed by atoms with Crippen molar-refractivity contribution < 1.29 is 13.6 Å². The predicted octanol–water partition coefficient (Wildman–Crippen LogP) is 2.39. The fourth-order valence-corrected chi connectivity index (χ4v) is 2.32. The maximum Gasteiger partial charge on any atom is 0.249 e. The Morgan fingerprint density at radius 3 is 2.83 bits per heavy atom. The van der Waals surface area contributed by atoms with Gasteiger partial charge in [0, 0.05) is 16.2 Å². The molecule has 0 aromatic heterocycles. The van der Waals surface area contributed by atoms with Gasteiger partial charge in [0.25, 0.3) is 0 Å². The van der Waals surface area contributed by atoms with E-state index in [-0.39, 0.29) is 11.3 Å². The first-order valence-electron chi connectivity index (χ1n) is 5.40. The van der Waals surface area contributed by atoms with Crippen molar-refractivity contribution in [1.82, 2.24) is 0 Å². The fourth-order valence-electron chi connectivity index (χ4n) is 1.81. The zero-order valence-electron chi connectivity index (χ0n) is 9.41. The van der Waals surface area contributed by atoms with Crippen molar-refractivity contribution in [2.45, 2.75) is 24.5 Å². The lowest BCUT2D eigenvalue weighted by Gasteiger charge is -2.10. The molecule has 1 fully saturated rings. The van der Waals surface area contributed by atoms with Gasteiger partial charge < -0.3 is 4.55 Å². The van der Waals surface area contributed by atoms with Crippen LogP contribution in [0.4, 0.5) is 0 Å². The molecule has 1 saturated carbocycles. The number of azide groups is 1. The Bertz CT molecular complexity index is 563. The maximum absolute atomic E-state index is 11.6. The number of rotatable bonds is 4. The highest BCUT2D eigenvalue weighted by atomic mass is 32.2. The van der Waals surface area contributed by atoms with Gasteiger partial charge in [0.15, 0.2) is 0 Å². The van der Waals surface area contributed by atoms with Crippen molar-refractivity contribution in [3.8, 4) is 0 Å². The highest BCUT2D eigenvalue weighted by Gasteiger charge is 2.24. The summed E-state index contributed by atoms with van der Waals surface area (Å²) in [4.78, 5) is 14.1. The second-order valence-corrected chi connectivity index (χ2v) is 5.03. The molecule has 2 rings (SSSR count). The summed E-state index contributed by atoms with van der Waals surface area (Å²) in [6.45, 7) is 0. The average Bonchev–Trinajstić information content (AvgIpc) is 3.13. The van der Waals surface area contributed by atoms with Gasteiger partial charge in [-0.05, 0) is 46.6 Å². The first-order valence-corrected chi connectivity index (χ1v) is 6.64. The van der Waals surface area contributed by atoms with E-state index < -0.39 is 17.0 Å². The monoisotopic (exact) mass is 264 g/mol. The molecule has 0 radical (unpaired) electrons. The van der Waals surface area contributed by atoms with Crippen LogP contribution in [0, 0.1) is 0 Å². The Hall–Kier alpha value is -1.69. The lowest BCUT2D eigenvalue weighted by molar-refractivity contribution is 0.0999. The number of hydrogen-bond acceptors (Lipinski definition) is 3. The average molecular weight is 264 g/mol. The SMILES string of the molecule is [N-]=[N+]=NC(=O)c1cc(C2CC2)ccc1CS(=O)[O-]. The smallest absolute Gasteiger partial charge is 0.249 e. The third-order valence-electron chi connectivity index (χ3n) is 2.82. The Labute approximate surface area is 106 Å².